The smallest absolute Gasteiger partial charge is 0.407 e. The van der Waals surface area contributed by atoms with E-state index in [1.54, 1.807) is 12.3 Å². The topological polar surface area (TPSA) is 63.0 Å². The van der Waals surface area contributed by atoms with Crippen LogP contribution in [0.15, 0.2) is 40.5 Å². The first-order chi connectivity index (χ1) is 11.5. The number of alkyl carbamates (subject to hydrolysis) is 1. The van der Waals surface area contributed by atoms with Gasteiger partial charge in [-0.25, -0.2) is 4.79 Å². The number of nitrogens with one attached hydrogen (secondary N) is 1. The van der Waals surface area contributed by atoms with Crippen molar-refractivity contribution in [1.82, 2.24) is 5.32 Å². The Morgan fingerprint density at radius 2 is 2.12 bits per heavy atom. The first-order valence-corrected chi connectivity index (χ1v) is 8.50. The minimum absolute atomic E-state index is 0.267. The van der Waals surface area contributed by atoms with Crippen LogP contribution in [-0.4, -0.2) is 25.1 Å². The summed E-state index contributed by atoms with van der Waals surface area (Å²) < 4.78 is 5.25. The van der Waals surface area contributed by atoms with E-state index >= 15 is 0 Å². The average molecular weight is 384 g/mol. The van der Waals surface area contributed by atoms with Crippen molar-refractivity contribution in [3.05, 3.63) is 55.7 Å². The van der Waals surface area contributed by atoms with Gasteiger partial charge < -0.3 is 10.1 Å². The van der Waals surface area contributed by atoms with Gasteiger partial charge >= 0.3 is 6.09 Å². The van der Waals surface area contributed by atoms with Crippen LogP contribution in [0.1, 0.15) is 22.9 Å². The zero-order chi connectivity index (χ0) is 17.5. The minimum atomic E-state index is -0.513. The Kier molecular flexibility index (Phi) is 6.78. The molecule has 0 saturated carbocycles. The number of rotatable bonds is 5. The molecule has 1 aromatic heterocycles. The fraction of sp³-hybridized carbons (Fsp3) is 0.188. The monoisotopic (exact) mass is 383 g/mol. The first-order valence-electron chi connectivity index (χ1n) is 6.93. The second-order valence-electron chi connectivity index (χ2n) is 4.72. The molecular weight excluding hydrogens is 369 g/mol. The summed E-state index contributed by atoms with van der Waals surface area (Å²) in [6.45, 7) is 2.11. The lowest BCUT2D eigenvalue weighted by atomic mass is 10.1. The Hall–Kier alpha value is -1.89. The van der Waals surface area contributed by atoms with Crippen molar-refractivity contribution in [2.24, 2.45) is 10.2 Å². The molecule has 1 amide bonds. The number of hydrogen-bond donors (Lipinski definition) is 1. The summed E-state index contributed by atoms with van der Waals surface area (Å²) >= 11 is 13.4. The number of halogens is 2. The molecule has 0 aliphatic heterocycles. The number of amides is 1. The predicted molar refractivity (Wildman–Crippen MR) is 99.8 cm³/mol. The summed E-state index contributed by atoms with van der Waals surface area (Å²) in [7, 11) is 1.31. The normalized spacial score (nSPS) is 11.8. The second-order valence-corrected chi connectivity index (χ2v) is 6.88. The van der Waals surface area contributed by atoms with Gasteiger partial charge in [0.25, 0.3) is 0 Å². The molecule has 0 atom stereocenters. The number of hydrogen-bond acceptors (Lipinski definition) is 5. The quantitative estimate of drug-likeness (QED) is 0.597. The molecule has 0 spiro atoms. The lowest BCUT2D eigenvalue weighted by Gasteiger charge is -2.08. The number of benzene rings is 1. The Bertz CT molecular complexity index is 787. The van der Waals surface area contributed by atoms with Crippen LogP contribution in [-0.2, 0) is 11.3 Å². The van der Waals surface area contributed by atoms with E-state index in [9.17, 15) is 4.79 Å². The van der Waals surface area contributed by atoms with Gasteiger partial charge in [0, 0.05) is 16.4 Å². The fourth-order valence-electron chi connectivity index (χ4n) is 1.80. The standard InChI is InChI=1S/C16H15Cl2N3O2S/c1-10(21-20-9-13-4-6-15(18)24-13)11-3-5-14(17)12(7-11)8-19-16(22)23-2/h3-7,9H,8H2,1-2H3,(H,19,22)/b20-9+,21-10+. The van der Waals surface area contributed by atoms with Crippen LogP contribution in [0.3, 0.4) is 0 Å². The molecule has 24 heavy (non-hydrogen) atoms. The van der Waals surface area contributed by atoms with Crippen molar-refractivity contribution in [1.29, 1.82) is 0 Å². The molecular formula is C16H15Cl2N3O2S. The van der Waals surface area contributed by atoms with Gasteiger partial charge in [-0.1, -0.05) is 29.3 Å². The fourth-order valence-corrected chi connectivity index (χ4v) is 2.91. The molecule has 1 N–H and O–H groups in total. The number of methoxy groups -OCH3 is 1. The number of thiophene rings is 1. The summed E-state index contributed by atoms with van der Waals surface area (Å²) in [5.74, 6) is 0. The van der Waals surface area contributed by atoms with Gasteiger partial charge in [-0.2, -0.15) is 10.2 Å². The van der Waals surface area contributed by atoms with E-state index in [4.69, 9.17) is 23.2 Å². The Morgan fingerprint density at radius 1 is 1.33 bits per heavy atom. The summed E-state index contributed by atoms with van der Waals surface area (Å²) in [5.41, 5.74) is 2.36. The highest BCUT2D eigenvalue weighted by molar-refractivity contribution is 7.17. The molecule has 1 aromatic carbocycles. The SMILES string of the molecule is COC(=O)NCc1cc(/C(C)=N/N=C/c2ccc(Cl)s2)ccc1Cl. The molecule has 0 unspecified atom stereocenters. The maximum absolute atomic E-state index is 11.2. The second kappa shape index (κ2) is 8.82. The van der Waals surface area contributed by atoms with Crippen LogP contribution in [0.4, 0.5) is 4.79 Å². The Morgan fingerprint density at radius 3 is 2.79 bits per heavy atom. The van der Waals surface area contributed by atoms with E-state index < -0.39 is 6.09 Å². The van der Waals surface area contributed by atoms with Crippen molar-refractivity contribution in [3.63, 3.8) is 0 Å². The van der Waals surface area contributed by atoms with Gasteiger partial charge in [-0.3, -0.25) is 0 Å². The molecule has 2 rings (SSSR count). The number of carbonyl (C=O) groups is 1. The third-order valence-electron chi connectivity index (χ3n) is 3.06. The van der Waals surface area contributed by atoms with Crippen LogP contribution in [0.5, 0.6) is 0 Å². The van der Waals surface area contributed by atoms with Crippen LogP contribution in [0, 0.1) is 0 Å². The number of ether oxygens (including phenoxy) is 1. The van der Waals surface area contributed by atoms with Crippen molar-refractivity contribution in [3.8, 4) is 0 Å². The van der Waals surface area contributed by atoms with Gasteiger partial charge in [0.15, 0.2) is 0 Å². The molecule has 0 aliphatic rings. The highest BCUT2D eigenvalue weighted by Gasteiger charge is 2.06. The van der Waals surface area contributed by atoms with Gasteiger partial charge in [0.05, 0.1) is 23.4 Å². The van der Waals surface area contributed by atoms with Crippen LogP contribution >= 0.6 is 34.5 Å². The molecule has 0 fully saturated rings. The van der Waals surface area contributed by atoms with E-state index in [1.807, 2.05) is 31.2 Å². The largest absolute Gasteiger partial charge is 0.453 e. The molecule has 126 valence electrons. The average Bonchev–Trinajstić information content (AvgIpc) is 2.98. The Balaban J connectivity index is 2.10. The van der Waals surface area contributed by atoms with Crippen molar-refractivity contribution >= 4 is 52.6 Å². The van der Waals surface area contributed by atoms with Crippen molar-refractivity contribution in [2.45, 2.75) is 13.5 Å². The molecule has 0 aliphatic carbocycles. The molecule has 5 nitrogen and oxygen atoms in total. The summed E-state index contributed by atoms with van der Waals surface area (Å²) in [5, 5.41) is 11.4. The summed E-state index contributed by atoms with van der Waals surface area (Å²) in [6, 6.07) is 9.14. The van der Waals surface area contributed by atoms with E-state index in [1.165, 1.54) is 18.4 Å². The molecule has 1 heterocycles. The van der Waals surface area contributed by atoms with Crippen LogP contribution in [0.25, 0.3) is 0 Å². The maximum atomic E-state index is 11.2. The van der Waals surface area contributed by atoms with E-state index in [0.717, 1.165) is 21.7 Å². The van der Waals surface area contributed by atoms with Gasteiger partial charge in [-0.15, -0.1) is 11.3 Å². The van der Waals surface area contributed by atoms with Crippen molar-refractivity contribution in [2.75, 3.05) is 7.11 Å². The zero-order valence-electron chi connectivity index (χ0n) is 13.0. The molecule has 0 bridgehead atoms. The van der Waals surface area contributed by atoms with E-state index in [2.05, 4.69) is 20.3 Å². The Labute approximate surface area is 154 Å². The van der Waals surface area contributed by atoms with Gasteiger partial charge in [0.1, 0.15) is 0 Å². The maximum Gasteiger partial charge on any atom is 0.407 e. The summed E-state index contributed by atoms with van der Waals surface area (Å²) in [6.07, 6.45) is 1.14. The predicted octanol–water partition coefficient (Wildman–Crippen LogP) is 4.75. The third-order valence-corrected chi connectivity index (χ3v) is 4.59. The molecule has 8 heteroatoms. The molecule has 0 radical (unpaired) electrons. The molecule has 0 saturated heterocycles. The van der Waals surface area contributed by atoms with Crippen LogP contribution in [0.2, 0.25) is 9.36 Å². The first kappa shape index (κ1) is 18.4. The van der Waals surface area contributed by atoms with Gasteiger partial charge in [-0.05, 0) is 42.3 Å². The van der Waals surface area contributed by atoms with Gasteiger partial charge in [0.2, 0.25) is 0 Å². The number of nitrogens with zero attached hydrogens (tertiary/aromatic N) is 2. The third kappa shape index (κ3) is 5.33. The van der Waals surface area contributed by atoms with Crippen LogP contribution < -0.4 is 5.32 Å². The van der Waals surface area contributed by atoms with E-state index in [0.29, 0.717) is 9.36 Å². The lowest BCUT2D eigenvalue weighted by molar-refractivity contribution is 0.170. The number of carbonyl (C=O) groups excluding carboxylic acids is 1. The highest BCUT2D eigenvalue weighted by Crippen LogP contribution is 2.20. The van der Waals surface area contributed by atoms with E-state index in [-0.39, 0.29) is 6.54 Å². The zero-order valence-corrected chi connectivity index (χ0v) is 15.4. The minimum Gasteiger partial charge on any atom is -0.453 e. The summed E-state index contributed by atoms with van der Waals surface area (Å²) in [4.78, 5) is 12.1. The molecule has 2 aromatic rings. The lowest BCUT2D eigenvalue weighted by Crippen LogP contribution is -2.22. The highest BCUT2D eigenvalue weighted by atomic mass is 35.5. The van der Waals surface area contributed by atoms with Crippen molar-refractivity contribution < 1.29 is 9.53 Å².